The lowest BCUT2D eigenvalue weighted by Crippen LogP contribution is -2.31. The van der Waals surface area contributed by atoms with Crippen molar-refractivity contribution in [3.63, 3.8) is 0 Å². The quantitative estimate of drug-likeness (QED) is 0.666. The van der Waals surface area contributed by atoms with Crippen molar-refractivity contribution in [2.75, 3.05) is 0 Å². The summed E-state index contributed by atoms with van der Waals surface area (Å²) in [6.45, 7) is 7.86. The molecule has 0 bridgehead atoms. The van der Waals surface area contributed by atoms with Crippen molar-refractivity contribution in [1.29, 1.82) is 0 Å². The van der Waals surface area contributed by atoms with Crippen LogP contribution >= 0.6 is 0 Å². The highest BCUT2D eigenvalue weighted by atomic mass is 16.3. The Kier molecular flexibility index (Phi) is 5.68. The van der Waals surface area contributed by atoms with E-state index in [1.807, 2.05) is 13.8 Å². The molecule has 0 aliphatic rings. The van der Waals surface area contributed by atoms with Gasteiger partial charge < -0.3 is 10.2 Å². The van der Waals surface area contributed by atoms with E-state index in [-0.39, 0.29) is 0 Å². The smallest absolute Gasteiger partial charge is 0.0620 e. The lowest BCUT2D eigenvalue weighted by atomic mass is 9.87. The Hall–Kier alpha value is -0.0800. The third-order valence-electron chi connectivity index (χ3n) is 2.78. The van der Waals surface area contributed by atoms with Crippen LogP contribution in [-0.2, 0) is 0 Å². The highest BCUT2D eigenvalue weighted by Crippen LogP contribution is 2.25. The van der Waals surface area contributed by atoms with Gasteiger partial charge in [-0.25, -0.2) is 0 Å². The fourth-order valence-electron chi connectivity index (χ4n) is 1.87. The molecule has 0 amide bonds. The SMILES string of the molecule is CCCC(C)(O)CCC(C)(O)CCC. The minimum Gasteiger partial charge on any atom is -0.390 e. The van der Waals surface area contributed by atoms with Crippen LogP contribution in [-0.4, -0.2) is 21.4 Å². The normalized spacial score (nSPS) is 20.1. The van der Waals surface area contributed by atoms with Crippen LogP contribution in [0.4, 0.5) is 0 Å². The van der Waals surface area contributed by atoms with E-state index in [1.165, 1.54) is 0 Å². The molecule has 0 fully saturated rings. The molecule has 2 N–H and O–H groups in total. The summed E-state index contributed by atoms with van der Waals surface area (Å²) < 4.78 is 0. The highest BCUT2D eigenvalue weighted by molar-refractivity contribution is 4.79. The topological polar surface area (TPSA) is 40.5 Å². The maximum Gasteiger partial charge on any atom is 0.0620 e. The van der Waals surface area contributed by atoms with Gasteiger partial charge in [0.2, 0.25) is 0 Å². The second-order valence-corrected chi connectivity index (χ2v) is 4.99. The van der Waals surface area contributed by atoms with Crippen molar-refractivity contribution in [1.82, 2.24) is 0 Å². The van der Waals surface area contributed by atoms with Crippen LogP contribution in [0.2, 0.25) is 0 Å². The molecule has 0 aromatic carbocycles. The lowest BCUT2D eigenvalue weighted by molar-refractivity contribution is -0.0113. The summed E-state index contributed by atoms with van der Waals surface area (Å²) in [5.74, 6) is 0. The molecule has 86 valence electrons. The molecule has 0 aliphatic carbocycles. The van der Waals surface area contributed by atoms with Crippen molar-refractivity contribution in [3.8, 4) is 0 Å². The van der Waals surface area contributed by atoms with Gasteiger partial charge in [-0.15, -0.1) is 0 Å². The third-order valence-corrected chi connectivity index (χ3v) is 2.78. The number of aliphatic hydroxyl groups is 2. The number of hydrogen-bond acceptors (Lipinski definition) is 2. The second-order valence-electron chi connectivity index (χ2n) is 4.99. The average Bonchev–Trinajstić information content (AvgIpc) is 2.01. The maximum absolute atomic E-state index is 9.93. The van der Waals surface area contributed by atoms with E-state index >= 15 is 0 Å². The Bertz CT molecular complexity index is 132. The molecule has 2 unspecified atom stereocenters. The lowest BCUT2D eigenvalue weighted by Gasteiger charge is -2.29. The van der Waals surface area contributed by atoms with Gasteiger partial charge in [0.25, 0.3) is 0 Å². The standard InChI is InChI=1S/C12H26O2/c1-5-7-11(3,13)9-10-12(4,14)8-6-2/h13-14H,5-10H2,1-4H3. The van der Waals surface area contributed by atoms with Crippen molar-refractivity contribution in [2.45, 2.75) is 77.4 Å². The molecule has 0 aromatic rings. The average molecular weight is 202 g/mol. The zero-order valence-electron chi connectivity index (χ0n) is 10.1. The van der Waals surface area contributed by atoms with Gasteiger partial charge in [-0.2, -0.15) is 0 Å². The van der Waals surface area contributed by atoms with Gasteiger partial charge in [-0.05, 0) is 39.5 Å². The van der Waals surface area contributed by atoms with Crippen LogP contribution in [0.3, 0.4) is 0 Å². The number of hydrogen-bond donors (Lipinski definition) is 2. The van der Waals surface area contributed by atoms with Crippen LogP contribution in [0.25, 0.3) is 0 Å². The van der Waals surface area contributed by atoms with Crippen LogP contribution in [0.15, 0.2) is 0 Å². The second kappa shape index (κ2) is 5.72. The van der Waals surface area contributed by atoms with E-state index in [4.69, 9.17) is 0 Å². The van der Waals surface area contributed by atoms with E-state index in [1.54, 1.807) is 0 Å². The van der Waals surface area contributed by atoms with Gasteiger partial charge in [0.1, 0.15) is 0 Å². The Labute approximate surface area is 88.3 Å². The summed E-state index contributed by atoms with van der Waals surface area (Å²) >= 11 is 0. The van der Waals surface area contributed by atoms with Gasteiger partial charge in [-0.3, -0.25) is 0 Å². The molecular formula is C12H26O2. The maximum atomic E-state index is 9.93. The zero-order chi connectivity index (χ0) is 11.2. The first kappa shape index (κ1) is 13.9. The molecule has 0 aromatic heterocycles. The van der Waals surface area contributed by atoms with Crippen LogP contribution in [0, 0.1) is 0 Å². The Morgan fingerprint density at radius 1 is 0.714 bits per heavy atom. The van der Waals surface area contributed by atoms with E-state index in [0.717, 1.165) is 25.7 Å². The predicted molar refractivity (Wildman–Crippen MR) is 60.3 cm³/mol. The molecule has 0 saturated heterocycles. The first-order valence-electron chi connectivity index (χ1n) is 5.78. The third kappa shape index (κ3) is 6.39. The molecule has 0 radical (unpaired) electrons. The fourth-order valence-corrected chi connectivity index (χ4v) is 1.87. The van der Waals surface area contributed by atoms with Crippen molar-refractivity contribution >= 4 is 0 Å². The zero-order valence-corrected chi connectivity index (χ0v) is 10.1. The van der Waals surface area contributed by atoms with Crippen LogP contribution < -0.4 is 0 Å². The molecule has 0 aliphatic heterocycles. The minimum absolute atomic E-state index is 0.605. The molecule has 2 heteroatoms. The summed E-state index contributed by atoms with van der Waals surface area (Å²) in [6, 6.07) is 0. The van der Waals surface area contributed by atoms with Crippen molar-refractivity contribution < 1.29 is 10.2 Å². The molecule has 0 saturated carbocycles. The van der Waals surface area contributed by atoms with Crippen molar-refractivity contribution in [2.24, 2.45) is 0 Å². The van der Waals surface area contributed by atoms with E-state index in [2.05, 4.69) is 13.8 Å². The molecule has 0 rings (SSSR count). The summed E-state index contributed by atoms with van der Waals surface area (Å²) in [5, 5.41) is 19.9. The largest absolute Gasteiger partial charge is 0.390 e. The molecule has 0 heterocycles. The van der Waals surface area contributed by atoms with E-state index in [0.29, 0.717) is 12.8 Å². The Balaban J connectivity index is 3.90. The molecule has 2 nitrogen and oxygen atoms in total. The minimum atomic E-state index is -0.605. The summed E-state index contributed by atoms with van der Waals surface area (Å²) in [6.07, 6.45) is 4.98. The highest BCUT2D eigenvalue weighted by Gasteiger charge is 2.25. The molecule has 2 atom stereocenters. The van der Waals surface area contributed by atoms with E-state index in [9.17, 15) is 10.2 Å². The summed E-state index contributed by atoms with van der Waals surface area (Å²) in [5.41, 5.74) is -1.21. The molecule has 14 heavy (non-hydrogen) atoms. The summed E-state index contributed by atoms with van der Waals surface area (Å²) in [4.78, 5) is 0. The van der Waals surface area contributed by atoms with Crippen LogP contribution in [0.5, 0.6) is 0 Å². The monoisotopic (exact) mass is 202 g/mol. The van der Waals surface area contributed by atoms with Gasteiger partial charge in [-0.1, -0.05) is 26.7 Å². The molecular weight excluding hydrogens is 176 g/mol. The van der Waals surface area contributed by atoms with Gasteiger partial charge >= 0.3 is 0 Å². The Morgan fingerprint density at radius 3 is 1.21 bits per heavy atom. The van der Waals surface area contributed by atoms with Crippen molar-refractivity contribution in [3.05, 3.63) is 0 Å². The van der Waals surface area contributed by atoms with Gasteiger partial charge in [0.15, 0.2) is 0 Å². The first-order valence-corrected chi connectivity index (χ1v) is 5.78. The fraction of sp³-hybridized carbons (Fsp3) is 1.00. The van der Waals surface area contributed by atoms with Gasteiger partial charge in [0.05, 0.1) is 11.2 Å². The predicted octanol–water partition coefficient (Wildman–Crippen LogP) is 2.87. The van der Waals surface area contributed by atoms with Gasteiger partial charge in [0, 0.05) is 0 Å². The van der Waals surface area contributed by atoms with E-state index < -0.39 is 11.2 Å². The summed E-state index contributed by atoms with van der Waals surface area (Å²) in [7, 11) is 0. The Morgan fingerprint density at radius 2 is 1.00 bits per heavy atom. The molecule has 0 spiro atoms. The first-order chi connectivity index (χ1) is 6.33. The van der Waals surface area contributed by atoms with Crippen LogP contribution in [0.1, 0.15) is 66.2 Å². The number of rotatable bonds is 7.